The normalized spacial score (nSPS) is 14.6. The van der Waals surface area contributed by atoms with Gasteiger partial charge in [-0.25, -0.2) is 4.39 Å². The minimum absolute atomic E-state index is 0.344. The first-order chi connectivity index (χ1) is 7.97. The van der Waals surface area contributed by atoms with E-state index in [2.05, 4.69) is 20.9 Å². The van der Waals surface area contributed by atoms with Gasteiger partial charge in [0.15, 0.2) is 0 Å². The van der Waals surface area contributed by atoms with Crippen molar-refractivity contribution in [2.24, 2.45) is 5.73 Å². The quantitative estimate of drug-likeness (QED) is 0.942. The second-order valence-electron chi connectivity index (χ2n) is 4.19. The standard InChI is InChI=1S/C12H12BrFN2S/c1-12(15,5-10-4-8(13)7-17-10)11-3-2-9(14)6-16-11/h2-4,6-7H,5,15H2,1H3. The summed E-state index contributed by atoms with van der Waals surface area (Å²) in [6.07, 6.45) is 1.88. The van der Waals surface area contributed by atoms with E-state index < -0.39 is 5.54 Å². The number of pyridine rings is 1. The van der Waals surface area contributed by atoms with Crippen molar-refractivity contribution in [3.63, 3.8) is 0 Å². The molecule has 5 heteroatoms. The van der Waals surface area contributed by atoms with Crippen LogP contribution in [0.2, 0.25) is 0 Å². The van der Waals surface area contributed by atoms with E-state index in [1.807, 2.05) is 18.4 Å². The van der Waals surface area contributed by atoms with Crippen LogP contribution in [0, 0.1) is 5.82 Å². The molecule has 0 bridgehead atoms. The van der Waals surface area contributed by atoms with Gasteiger partial charge in [0.25, 0.3) is 0 Å². The molecule has 0 aromatic carbocycles. The Hall–Kier alpha value is -0.780. The third-order valence-electron chi connectivity index (χ3n) is 2.48. The van der Waals surface area contributed by atoms with E-state index in [9.17, 15) is 4.39 Å². The minimum Gasteiger partial charge on any atom is -0.320 e. The number of hydrogen-bond donors (Lipinski definition) is 1. The van der Waals surface area contributed by atoms with Gasteiger partial charge in [-0.1, -0.05) is 0 Å². The molecule has 90 valence electrons. The maximum absolute atomic E-state index is 12.8. The van der Waals surface area contributed by atoms with E-state index in [1.54, 1.807) is 17.4 Å². The van der Waals surface area contributed by atoms with Crippen LogP contribution in [0.1, 0.15) is 17.5 Å². The predicted octanol–water partition coefficient (Wildman–Crippen LogP) is 3.46. The molecule has 0 spiro atoms. The van der Waals surface area contributed by atoms with Crippen molar-refractivity contribution in [2.75, 3.05) is 0 Å². The Morgan fingerprint density at radius 3 is 2.82 bits per heavy atom. The van der Waals surface area contributed by atoms with Crippen LogP contribution < -0.4 is 5.73 Å². The zero-order valence-corrected chi connectivity index (χ0v) is 11.7. The van der Waals surface area contributed by atoms with Crippen molar-refractivity contribution < 1.29 is 4.39 Å². The Bertz CT molecular complexity index is 507. The lowest BCUT2D eigenvalue weighted by Crippen LogP contribution is -2.36. The third kappa shape index (κ3) is 3.12. The third-order valence-corrected chi connectivity index (χ3v) is 4.17. The second kappa shape index (κ2) is 4.84. The monoisotopic (exact) mass is 314 g/mol. The number of nitrogens with two attached hydrogens (primary N) is 1. The topological polar surface area (TPSA) is 38.9 Å². The summed E-state index contributed by atoms with van der Waals surface area (Å²) in [4.78, 5) is 5.22. The average Bonchev–Trinajstić information content (AvgIpc) is 2.63. The smallest absolute Gasteiger partial charge is 0.141 e. The van der Waals surface area contributed by atoms with Gasteiger partial charge in [0.2, 0.25) is 0 Å². The molecule has 17 heavy (non-hydrogen) atoms. The number of aromatic nitrogens is 1. The molecule has 1 unspecified atom stereocenters. The Balaban J connectivity index is 2.21. The van der Waals surface area contributed by atoms with E-state index >= 15 is 0 Å². The van der Waals surface area contributed by atoms with E-state index in [0.717, 1.165) is 4.47 Å². The fraction of sp³-hybridized carbons (Fsp3) is 0.250. The molecule has 2 aromatic heterocycles. The first-order valence-corrected chi connectivity index (χ1v) is 6.78. The summed E-state index contributed by atoms with van der Waals surface area (Å²) < 4.78 is 13.9. The van der Waals surface area contributed by atoms with Crippen LogP contribution in [0.4, 0.5) is 4.39 Å². The van der Waals surface area contributed by atoms with Gasteiger partial charge in [-0.2, -0.15) is 0 Å². The van der Waals surface area contributed by atoms with Gasteiger partial charge in [-0.15, -0.1) is 11.3 Å². The van der Waals surface area contributed by atoms with E-state index in [4.69, 9.17) is 5.73 Å². The van der Waals surface area contributed by atoms with E-state index in [0.29, 0.717) is 12.1 Å². The van der Waals surface area contributed by atoms with Crippen molar-refractivity contribution >= 4 is 27.3 Å². The summed E-state index contributed by atoms with van der Waals surface area (Å²) in [7, 11) is 0. The number of rotatable bonds is 3. The van der Waals surface area contributed by atoms with Crippen LogP contribution in [0.25, 0.3) is 0 Å². The number of hydrogen-bond acceptors (Lipinski definition) is 3. The van der Waals surface area contributed by atoms with Crippen LogP contribution in [-0.2, 0) is 12.0 Å². The van der Waals surface area contributed by atoms with Gasteiger partial charge < -0.3 is 5.73 Å². The fourth-order valence-electron chi connectivity index (χ4n) is 1.61. The summed E-state index contributed by atoms with van der Waals surface area (Å²) in [5.41, 5.74) is 6.35. The molecule has 0 amide bonds. The Morgan fingerprint density at radius 2 is 2.29 bits per heavy atom. The summed E-state index contributed by atoms with van der Waals surface area (Å²) in [6.45, 7) is 1.90. The maximum atomic E-state index is 12.8. The van der Waals surface area contributed by atoms with Crippen LogP contribution in [-0.4, -0.2) is 4.98 Å². The van der Waals surface area contributed by atoms with Gasteiger partial charge in [-0.3, -0.25) is 4.98 Å². The second-order valence-corrected chi connectivity index (χ2v) is 6.10. The van der Waals surface area contributed by atoms with E-state index in [1.165, 1.54) is 17.1 Å². The molecule has 1 atom stereocenters. The molecule has 2 rings (SSSR count). The molecule has 2 aromatic rings. The Kier molecular flexibility index (Phi) is 3.61. The molecule has 0 aliphatic carbocycles. The molecular formula is C12H12BrFN2S. The first kappa shape index (κ1) is 12.7. The van der Waals surface area contributed by atoms with Crippen LogP contribution in [0.15, 0.2) is 34.2 Å². The molecule has 0 saturated carbocycles. The van der Waals surface area contributed by atoms with Gasteiger partial charge in [0.05, 0.1) is 17.4 Å². The molecular weight excluding hydrogens is 303 g/mol. The van der Waals surface area contributed by atoms with Gasteiger partial charge in [-0.05, 0) is 41.1 Å². The highest BCUT2D eigenvalue weighted by atomic mass is 79.9. The molecule has 2 N–H and O–H groups in total. The first-order valence-electron chi connectivity index (χ1n) is 5.11. The molecule has 2 heterocycles. The summed E-state index contributed by atoms with van der Waals surface area (Å²) in [5, 5.41) is 2.02. The molecule has 0 radical (unpaired) electrons. The lowest BCUT2D eigenvalue weighted by Gasteiger charge is -2.23. The summed E-state index contributed by atoms with van der Waals surface area (Å²) in [5.74, 6) is -0.344. The summed E-state index contributed by atoms with van der Waals surface area (Å²) in [6, 6.07) is 5.06. The minimum atomic E-state index is -0.585. The largest absolute Gasteiger partial charge is 0.320 e. The molecule has 0 saturated heterocycles. The van der Waals surface area contributed by atoms with Crippen LogP contribution >= 0.6 is 27.3 Å². The summed E-state index contributed by atoms with van der Waals surface area (Å²) >= 11 is 5.06. The molecule has 0 aliphatic heterocycles. The fourth-order valence-corrected chi connectivity index (χ4v) is 3.23. The number of nitrogens with zero attached hydrogens (tertiary/aromatic N) is 1. The van der Waals surface area contributed by atoms with Crippen molar-refractivity contribution in [2.45, 2.75) is 18.9 Å². The molecule has 2 nitrogen and oxygen atoms in total. The highest BCUT2D eigenvalue weighted by molar-refractivity contribution is 9.10. The Labute approximate surface area is 112 Å². The number of thiophene rings is 1. The average molecular weight is 315 g/mol. The molecule has 0 aliphatic rings. The predicted molar refractivity (Wildman–Crippen MR) is 71.5 cm³/mol. The number of halogens is 2. The zero-order chi connectivity index (χ0) is 12.5. The lowest BCUT2D eigenvalue weighted by atomic mass is 9.93. The van der Waals surface area contributed by atoms with Crippen molar-refractivity contribution in [1.82, 2.24) is 4.98 Å². The lowest BCUT2D eigenvalue weighted by molar-refractivity contribution is 0.476. The SMILES string of the molecule is CC(N)(Cc1cc(Br)cs1)c1ccc(F)cn1. The van der Waals surface area contributed by atoms with Gasteiger partial charge in [0, 0.05) is 21.2 Å². The zero-order valence-electron chi connectivity index (χ0n) is 9.28. The van der Waals surface area contributed by atoms with E-state index in [-0.39, 0.29) is 5.82 Å². The van der Waals surface area contributed by atoms with Crippen molar-refractivity contribution in [1.29, 1.82) is 0 Å². The highest BCUT2D eigenvalue weighted by Crippen LogP contribution is 2.27. The maximum Gasteiger partial charge on any atom is 0.141 e. The highest BCUT2D eigenvalue weighted by Gasteiger charge is 2.24. The van der Waals surface area contributed by atoms with Crippen molar-refractivity contribution in [3.8, 4) is 0 Å². The van der Waals surface area contributed by atoms with Gasteiger partial charge in [0.1, 0.15) is 5.82 Å². The van der Waals surface area contributed by atoms with Crippen LogP contribution in [0.5, 0.6) is 0 Å². The van der Waals surface area contributed by atoms with Gasteiger partial charge >= 0.3 is 0 Å². The van der Waals surface area contributed by atoms with Crippen LogP contribution in [0.3, 0.4) is 0 Å². The Morgan fingerprint density at radius 1 is 1.53 bits per heavy atom. The molecule has 0 fully saturated rings. The van der Waals surface area contributed by atoms with Crippen molar-refractivity contribution in [3.05, 3.63) is 50.6 Å².